The summed E-state index contributed by atoms with van der Waals surface area (Å²) in [7, 11) is 0. The van der Waals surface area contributed by atoms with Crippen LogP contribution in [0.15, 0.2) is 30.3 Å². The third-order valence-electron chi connectivity index (χ3n) is 5.55. The summed E-state index contributed by atoms with van der Waals surface area (Å²) in [6, 6.07) is 8.06. The summed E-state index contributed by atoms with van der Waals surface area (Å²) in [6.07, 6.45) is 9.10. The number of esters is 1. The second-order valence-electron chi connectivity index (χ2n) is 9.05. The normalized spacial score (nSPS) is 17.8. The van der Waals surface area contributed by atoms with Crippen molar-refractivity contribution in [3.63, 3.8) is 0 Å². The molecule has 0 bridgehead atoms. The van der Waals surface area contributed by atoms with E-state index in [0.717, 1.165) is 31.2 Å². The molecule has 1 saturated carbocycles. The molecule has 0 spiro atoms. The lowest BCUT2D eigenvalue weighted by atomic mass is 10.0. The predicted molar refractivity (Wildman–Crippen MR) is 123 cm³/mol. The van der Waals surface area contributed by atoms with Gasteiger partial charge in [-0.3, -0.25) is 4.79 Å². The van der Waals surface area contributed by atoms with Crippen molar-refractivity contribution in [3.05, 3.63) is 35.9 Å². The van der Waals surface area contributed by atoms with Crippen molar-refractivity contribution in [3.8, 4) is 0 Å². The molecule has 6 heteroatoms. The Balaban J connectivity index is 1.99. The van der Waals surface area contributed by atoms with E-state index in [-0.39, 0.29) is 18.7 Å². The first kappa shape index (κ1) is 25.3. The fourth-order valence-electron chi connectivity index (χ4n) is 3.79. The molecule has 1 aromatic carbocycles. The van der Waals surface area contributed by atoms with E-state index in [0.29, 0.717) is 18.9 Å². The molecule has 1 aliphatic carbocycles. The minimum absolute atomic E-state index is 0.0798. The molecule has 0 aliphatic heterocycles. The number of carbonyl (C=O) groups excluding carboxylic acids is 2. The standard InChI is InChI=1S/C25H40N2O4/c1-19(2)17-30-18-22(26)24(28)27-23(16-20-12-8-7-9-13-20)25(29)31-21-14-10-5-3-4-6-11-15-21/h7-9,12-13,19,21-23H,3-6,10-11,14-18,26H2,1-2H3,(H,27,28)/t22-,23-/m0/s1. The van der Waals surface area contributed by atoms with Crippen molar-refractivity contribution < 1.29 is 19.1 Å². The van der Waals surface area contributed by atoms with Crippen LogP contribution in [0, 0.1) is 5.92 Å². The van der Waals surface area contributed by atoms with Crippen LogP contribution in [-0.4, -0.2) is 43.3 Å². The quantitative estimate of drug-likeness (QED) is 0.550. The van der Waals surface area contributed by atoms with Crippen molar-refractivity contribution in [1.29, 1.82) is 0 Å². The lowest BCUT2D eigenvalue weighted by molar-refractivity contribution is -0.154. The van der Waals surface area contributed by atoms with Crippen molar-refractivity contribution in [2.75, 3.05) is 13.2 Å². The lowest BCUT2D eigenvalue weighted by Crippen LogP contribution is -2.51. The Hall–Kier alpha value is -1.92. The number of benzene rings is 1. The molecule has 0 saturated heterocycles. The molecule has 2 atom stereocenters. The number of rotatable bonds is 10. The molecular weight excluding hydrogens is 392 g/mol. The second kappa shape index (κ2) is 14.2. The summed E-state index contributed by atoms with van der Waals surface area (Å²) in [6.45, 7) is 4.74. The van der Waals surface area contributed by atoms with Gasteiger partial charge in [-0.2, -0.15) is 0 Å². The van der Waals surface area contributed by atoms with Crippen LogP contribution in [-0.2, 0) is 25.5 Å². The SMILES string of the molecule is CC(C)COC[C@H](N)C(=O)N[C@@H](Cc1ccccc1)C(=O)OC1CCCCCCCC1. The maximum atomic E-state index is 13.1. The van der Waals surface area contributed by atoms with Crippen LogP contribution in [0.2, 0.25) is 0 Å². The van der Waals surface area contributed by atoms with Gasteiger partial charge in [0.2, 0.25) is 5.91 Å². The zero-order valence-corrected chi connectivity index (χ0v) is 19.2. The first-order valence-electron chi connectivity index (χ1n) is 11.8. The van der Waals surface area contributed by atoms with E-state index in [1.807, 2.05) is 44.2 Å². The molecule has 3 N–H and O–H groups in total. The Morgan fingerprint density at radius 1 is 1.00 bits per heavy atom. The Kier molecular flexibility index (Phi) is 11.6. The van der Waals surface area contributed by atoms with Crippen LogP contribution in [0.25, 0.3) is 0 Å². The van der Waals surface area contributed by atoms with Crippen LogP contribution in [0.1, 0.15) is 70.8 Å². The van der Waals surface area contributed by atoms with Gasteiger partial charge in [0.05, 0.1) is 6.61 Å². The highest BCUT2D eigenvalue weighted by Crippen LogP contribution is 2.20. The van der Waals surface area contributed by atoms with Gasteiger partial charge in [0, 0.05) is 13.0 Å². The van der Waals surface area contributed by atoms with Gasteiger partial charge in [-0.1, -0.05) is 69.9 Å². The summed E-state index contributed by atoms with van der Waals surface area (Å²) < 4.78 is 11.4. The number of hydrogen-bond acceptors (Lipinski definition) is 5. The summed E-state index contributed by atoms with van der Waals surface area (Å²) in [4.78, 5) is 25.7. The van der Waals surface area contributed by atoms with Crippen molar-refractivity contribution in [1.82, 2.24) is 5.32 Å². The van der Waals surface area contributed by atoms with Gasteiger partial charge in [-0.05, 0) is 37.2 Å². The Labute approximate surface area is 187 Å². The van der Waals surface area contributed by atoms with Gasteiger partial charge in [0.15, 0.2) is 0 Å². The third kappa shape index (κ3) is 10.3. The maximum absolute atomic E-state index is 13.1. The number of nitrogens with one attached hydrogen (secondary N) is 1. The van der Waals surface area contributed by atoms with E-state index >= 15 is 0 Å². The average molecular weight is 433 g/mol. The molecule has 6 nitrogen and oxygen atoms in total. The first-order chi connectivity index (χ1) is 15.0. The number of nitrogens with two attached hydrogens (primary N) is 1. The molecule has 0 aromatic heterocycles. The zero-order chi connectivity index (χ0) is 22.5. The molecule has 0 heterocycles. The molecule has 174 valence electrons. The summed E-state index contributed by atoms with van der Waals surface area (Å²) >= 11 is 0. The molecule has 1 aromatic rings. The smallest absolute Gasteiger partial charge is 0.329 e. The summed E-state index contributed by atoms with van der Waals surface area (Å²) in [5.41, 5.74) is 6.96. The van der Waals surface area contributed by atoms with E-state index in [4.69, 9.17) is 15.2 Å². The number of hydrogen-bond donors (Lipinski definition) is 2. The maximum Gasteiger partial charge on any atom is 0.329 e. The first-order valence-corrected chi connectivity index (χ1v) is 11.8. The largest absolute Gasteiger partial charge is 0.461 e. The molecule has 0 unspecified atom stereocenters. The van der Waals surface area contributed by atoms with Crippen LogP contribution >= 0.6 is 0 Å². The summed E-state index contributed by atoms with van der Waals surface area (Å²) in [5, 5.41) is 2.81. The predicted octanol–water partition coefficient (Wildman–Crippen LogP) is 3.76. The van der Waals surface area contributed by atoms with Crippen LogP contribution in [0.3, 0.4) is 0 Å². The number of carbonyl (C=O) groups is 2. The van der Waals surface area contributed by atoms with E-state index < -0.39 is 18.0 Å². The number of amides is 1. The van der Waals surface area contributed by atoms with E-state index in [2.05, 4.69) is 5.32 Å². The van der Waals surface area contributed by atoms with Crippen LogP contribution in [0.5, 0.6) is 0 Å². The van der Waals surface area contributed by atoms with Crippen molar-refractivity contribution >= 4 is 11.9 Å². The van der Waals surface area contributed by atoms with E-state index in [1.165, 1.54) is 25.7 Å². The second-order valence-corrected chi connectivity index (χ2v) is 9.05. The van der Waals surface area contributed by atoms with Gasteiger partial charge < -0.3 is 20.5 Å². The topological polar surface area (TPSA) is 90.6 Å². The molecular formula is C25H40N2O4. The molecule has 0 radical (unpaired) electrons. The van der Waals surface area contributed by atoms with Gasteiger partial charge in [0.1, 0.15) is 18.2 Å². The van der Waals surface area contributed by atoms with Crippen LogP contribution < -0.4 is 11.1 Å². The Morgan fingerprint density at radius 3 is 2.23 bits per heavy atom. The van der Waals surface area contributed by atoms with Gasteiger partial charge in [-0.15, -0.1) is 0 Å². The fraction of sp³-hybridized carbons (Fsp3) is 0.680. The molecule has 2 rings (SSSR count). The van der Waals surface area contributed by atoms with Crippen molar-refractivity contribution in [2.45, 2.75) is 89.8 Å². The molecule has 1 fully saturated rings. The van der Waals surface area contributed by atoms with Gasteiger partial charge in [0.25, 0.3) is 0 Å². The van der Waals surface area contributed by atoms with Gasteiger partial charge >= 0.3 is 5.97 Å². The molecule has 1 aliphatic rings. The number of ether oxygens (including phenoxy) is 2. The van der Waals surface area contributed by atoms with Crippen LogP contribution in [0.4, 0.5) is 0 Å². The van der Waals surface area contributed by atoms with Gasteiger partial charge in [-0.25, -0.2) is 4.79 Å². The highest BCUT2D eigenvalue weighted by atomic mass is 16.5. The fourth-order valence-corrected chi connectivity index (χ4v) is 3.79. The van der Waals surface area contributed by atoms with Crippen molar-refractivity contribution in [2.24, 2.45) is 11.7 Å². The zero-order valence-electron chi connectivity index (χ0n) is 19.2. The average Bonchev–Trinajstić information content (AvgIpc) is 2.87. The Bertz CT molecular complexity index is 640. The third-order valence-corrected chi connectivity index (χ3v) is 5.55. The van der Waals surface area contributed by atoms with E-state index in [1.54, 1.807) is 0 Å². The highest BCUT2D eigenvalue weighted by Gasteiger charge is 2.27. The highest BCUT2D eigenvalue weighted by molar-refractivity contribution is 5.87. The lowest BCUT2D eigenvalue weighted by Gasteiger charge is -2.24. The minimum atomic E-state index is -0.824. The Morgan fingerprint density at radius 2 is 1.61 bits per heavy atom. The molecule has 31 heavy (non-hydrogen) atoms. The molecule has 1 amide bonds. The van der Waals surface area contributed by atoms with E-state index in [9.17, 15) is 9.59 Å². The monoisotopic (exact) mass is 432 g/mol. The minimum Gasteiger partial charge on any atom is -0.461 e. The summed E-state index contributed by atoms with van der Waals surface area (Å²) in [5.74, 6) is -0.406.